The molecule has 2 aliphatic rings. The Kier molecular flexibility index (Phi) is 4.66. The van der Waals surface area contributed by atoms with Crippen LogP contribution in [0.3, 0.4) is 0 Å². The van der Waals surface area contributed by atoms with E-state index in [9.17, 15) is 9.59 Å². The van der Waals surface area contributed by atoms with E-state index < -0.39 is 0 Å². The molecule has 1 aromatic rings. The SMILES string of the molecule is CCN1CC(CN(C)c2nc3c(c(=O)[nH]2)CCNCC3)CC1=O. The molecule has 0 aromatic carbocycles. The highest BCUT2D eigenvalue weighted by Crippen LogP contribution is 2.20. The molecule has 3 rings (SSSR count). The highest BCUT2D eigenvalue weighted by atomic mass is 16.2. The van der Waals surface area contributed by atoms with Gasteiger partial charge in [-0.25, -0.2) is 4.98 Å². The molecule has 23 heavy (non-hydrogen) atoms. The predicted molar refractivity (Wildman–Crippen MR) is 88.8 cm³/mol. The van der Waals surface area contributed by atoms with Crippen LogP contribution in [0.1, 0.15) is 24.6 Å². The molecular formula is C16H25N5O2. The molecular weight excluding hydrogens is 294 g/mol. The molecule has 126 valence electrons. The molecule has 2 aliphatic heterocycles. The number of hydrogen-bond donors (Lipinski definition) is 2. The molecule has 0 saturated carbocycles. The van der Waals surface area contributed by atoms with E-state index in [1.807, 2.05) is 23.8 Å². The lowest BCUT2D eigenvalue weighted by Crippen LogP contribution is -2.32. The minimum absolute atomic E-state index is 0.0294. The van der Waals surface area contributed by atoms with Gasteiger partial charge in [-0.1, -0.05) is 0 Å². The standard InChI is InChI=1S/C16H25N5O2/c1-3-21-10-11(8-14(21)22)9-20(2)16-18-13-5-7-17-6-4-12(13)15(23)19-16/h11,17H,3-10H2,1-2H3,(H,18,19,23). The van der Waals surface area contributed by atoms with Gasteiger partial charge in [-0.2, -0.15) is 0 Å². The Morgan fingerprint density at radius 1 is 1.30 bits per heavy atom. The number of anilines is 1. The van der Waals surface area contributed by atoms with Crippen LogP contribution in [0.25, 0.3) is 0 Å². The topological polar surface area (TPSA) is 81.3 Å². The van der Waals surface area contributed by atoms with Crippen molar-refractivity contribution in [2.24, 2.45) is 5.92 Å². The first-order chi connectivity index (χ1) is 11.1. The number of likely N-dealkylation sites (tertiary alicyclic amines) is 1. The van der Waals surface area contributed by atoms with Crippen molar-refractivity contribution in [2.75, 3.05) is 44.7 Å². The fourth-order valence-corrected chi connectivity index (χ4v) is 3.48. The van der Waals surface area contributed by atoms with Gasteiger partial charge >= 0.3 is 0 Å². The van der Waals surface area contributed by atoms with Crippen molar-refractivity contribution in [3.05, 3.63) is 21.6 Å². The number of carbonyl (C=O) groups excluding carboxylic acids is 1. The van der Waals surface area contributed by atoms with E-state index in [1.165, 1.54) is 0 Å². The number of aromatic amines is 1. The van der Waals surface area contributed by atoms with Gasteiger partial charge in [0.1, 0.15) is 0 Å². The summed E-state index contributed by atoms with van der Waals surface area (Å²) < 4.78 is 0. The molecule has 0 aliphatic carbocycles. The Morgan fingerprint density at radius 2 is 2.09 bits per heavy atom. The molecule has 1 saturated heterocycles. The van der Waals surface area contributed by atoms with Crippen LogP contribution in [-0.4, -0.2) is 60.5 Å². The van der Waals surface area contributed by atoms with Gasteiger partial charge in [-0.3, -0.25) is 14.6 Å². The van der Waals surface area contributed by atoms with Crippen molar-refractivity contribution in [3.8, 4) is 0 Å². The summed E-state index contributed by atoms with van der Waals surface area (Å²) in [6.07, 6.45) is 2.09. The van der Waals surface area contributed by atoms with Crippen LogP contribution in [0.4, 0.5) is 5.95 Å². The summed E-state index contributed by atoms with van der Waals surface area (Å²) in [5, 5.41) is 3.30. The lowest BCUT2D eigenvalue weighted by molar-refractivity contribution is -0.127. The van der Waals surface area contributed by atoms with Crippen molar-refractivity contribution >= 4 is 11.9 Å². The quantitative estimate of drug-likeness (QED) is 0.801. The van der Waals surface area contributed by atoms with E-state index >= 15 is 0 Å². The summed E-state index contributed by atoms with van der Waals surface area (Å²) >= 11 is 0. The average Bonchev–Trinajstić information content (AvgIpc) is 2.73. The maximum atomic E-state index is 12.3. The van der Waals surface area contributed by atoms with Crippen LogP contribution in [-0.2, 0) is 17.6 Å². The lowest BCUT2D eigenvalue weighted by Gasteiger charge is -2.22. The van der Waals surface area contributed by atoms with Gasteiger partial charge in [0.2, 0.25) is 11.9 Å². The first kappa shape index (κ1) is 16.0. The normalized spacial score (nSPS) is 21.2. The fourth-order valence-electron chi connectivity index (χ4n) is 3.48. The van der Waals surface area contributed by atoms with Gasteiger partial charge in [-0.05, 0) is 19.9 Å². The number of rotatable bonds is 4. The van der Waals surface area contributed by atoms with Crippen molar-refractivity contribution in [1.82, 2.24) is 20.2 Å². The summed E-state index contributed by atoms with van der Waals surface area (Å²) in [5.41, 5.74) is 1.68. The summed E-state index contributed by atoms with van der Waals surface area (Å²) in [5.74, 6) is 1.12. The van der Waals surface area contributed by atoms with E-state index in [-0.39, 0.29) is 11.5 Å². The zero-order valence-electron chi connectivity index (χ0n) is 13.9. The van der Waals surface area contributed by atoms with Crippen molar-refractivity contribution in [1.29, 1.82) is 0 Å². The van der Waals surface area contributed by atoms with E-state index in [2.05, 4.69) is 15.3 Å². The zero-order valence-corrected chi connectivity index (χ0v) is 13.9. The maximum absolute atomic E-state index is 12.3. The molecule has 3 heterocycles. The molecule has 7 heteroatoms. The summed E-state index contributed by atoms with van der Waals surface area (Å²) in [6, 6.07) is 0. The predicted octanol–water partition coefficient (Wildman–Crippen LogP) is -0.237. The minimum atomic E-state index is -0.0294. The second-order valence-corrected chi connectivity index (χ2v) is 6.45. The molecule has 1 atom stereocenters. The molecule has 1 amide bonds. The van der Waals surface area contributed by atoms with Gasteiger partial charge in [0.15, 0.2) is 0 Å². The van der Waals surface area contributed by atoms with E-state index in [4.69, 9.17) is 0 Å². The van der Waals surface area contributed by atoms with Crippen LogP contribution in [0.2, 0.25) is 0 Å². The smallest absolute Gasteiger partial charge is 0.255 e. The molecule has 0 radical (unpaired) electrons. The third-order valence-electron chi connectivity index (χ3n) is 4.75. The van der Waals surface area contributed by atoms with Gasteiger partial charge in [-0.15, -0.1) is 0 Å². The second kappa shape index (κ2) is 6.70. The van der Waals surface area contributed by atoms with Crippen LogP contribution >= 0.6 is 0 Å². The van der Waals surface area contributed by atoms with Gasteiger partial charge in [0.05, 0.1) is 5.69 Å². The van der Waals surface area contributed by atoms with E-state index in [0.29, 0.717) is 18.3 Å². The van der Waals surface area contributed by atoms with Crippen LogP contribution in [0.15, 0.2) is 4.79 Å². The first-order valence-corrected chi connectivity index (χ1v) is 8.40. The summed E-state index contributed by atoms with van der Waals surface area (Å²) in [6.45, 7) is 5.96. The minimum Gasteiger partial charge on any atom is -0.345 e. The summed E-state index contributed by atoms with van der Waals surface area (Å²) in [7, 11) is 1.93. The average molecular weight is 319 g/mol. The highest BCUT2D eigenvalue weighted by molar-refractivity contribution is 5.78. The van der Waals surface area contributed by atoms with Gasteiger partial charge < -0.3 is 15.1 Å². The molecule has 1 aromatic heterocycles. The van der Waals surface area contributed by atoms with Crippen LogP contribution in [0.5, 0.6) is 0 Å². The number of carbonyl (C=O) groups is 1. The van der Waals surface area contributed by atoms with Crippen LogP contribution < -0.4 is 15.8 Å². The van der Waals surface area contributed by atoms with Gasteiger partial charge in [0.25, 0.3) is 5.56 Å². The summed E-state index contributed by atoms with van der Waals surface area (Å²) in [4.78, 5) is 35.6. The third kappa shape index (κ3) is 3.39. The van der Waals surface area contributed by atoms with Crippen molar-refractivity contribution in [3.63, 3.8) is 0 Å². The number of nitrogens with one attached hydrogen (secondary N) is 2. The number of nitrogens with zero attached hydrogens (tertiary/aromatic N) is 3. The molecule has 2 N–H and O–H groups in total. The number of amides is 1. The van der Waals surface area contributed by atoms with E-state index in [0.717, 1.165) is 56.8 Å². The Morgan fingerprint density at radius 3 is 2.83 bits per heavy atom. The second-order valence-electron chi connectivity index (χ2n) is 6.45. The highest BCUT2D eigenvalue weighted by Gasteiger charge is 2.29. The number of hydrogen-bond acceptors (Lipinski definition) is 5. The Hall–Kier alpha value is -1.89. The van der Waals surface area contributed by atoms with Crippen LogP contribution in [0, 0.1) is 5.92 Å². The number of aromatic nitrogens is 2. The number of fused-ring (bicyclic) bond motifs is 1. The Bertz CT molecular complexity index is 642. The molecule has 1 unspecified atom stereocenters. The van der Waals surface area contributed by atoms with Gasteiger partial charge in [0, 0.05) is 57.5 Å². The monoisotopic (exact) mass is 319 g/mol. The van der Waals surface area contributed by atoms with E-state index in [1.54, 1.807) is 0 Å². The fraction of sp³-hybridized carbons (Fsp3) is 0.688. The molecule has 1 fully saturated rings. The molecule has 0 spiro atoms. The van der Waals surface area contributed by atoms with Crippen molar-refractivity contribution in [2.45, 2.75) is 26.2 Å². The number of H-pyrrole nitrogens is 1. The lowest BCUT2D eigenvalue weighted by atomic mass is 10.1. The Labute approximate surface area is 136 Å². The maximum Gasteiger partial charge on any atom is 0.255 e. The first-order valence-electron chi connectivity index (χ1n) is 8.40. The third-order valence-corrected chi connectivity index (χ3v) is 4.75. The Balaban J connectivity index is 1.74. The largest absolute Gasteiger partial charge is 0.345 e. The molecule has 7 nitrogen and oxygen atoms in total. The molecule has 0 bridgehead atoms. The zero-order chi connectivity index (χ0) is 16.4. The van der Waals surface area contributed by atoms with Crippen molar-refractivity contribution < 1.29 is 4.79 Å².